The molecule has 7 nitrogen and oxygen atoms in total. The molecule has 2 aromatic rings. The molecular weight excluding hydrogens is 418 g/mol. The maximum atomic E-state index is 13.9. The van der Waals surface area contributed by atoms with Gasteiger partial charge in [0.2, 0.25) is 5.91 Å². The monoisotopic (exact) mass is 443 g/mol. The Balaban J connectivity index is 2.08. The van der Waals surface area contributed by atoms with Gasteiger partial charge < -0.3 is 19.7 Å². The highest BCUT2D eigenvalue weighted by atomic mass is 35.5. The van der Waals surface area contributed by atoms with Gasteiger partial charge in [0.25, 0.3) is 5.91 Å². The van der Waals surface area contributed by atoms with E-state index in [9.17, 15) is 9.59 Å². The normalized spacial score (nSPS) is 22.7. The summed E-state index contributed by atoms with van der Waals surface area (Å²) in [5.41, 5.74) is 0.582. The van der Waals surface area contributed by atoms with Gasteiger partial charge in [0.1, 0.15) is 11.5 Å². The number of anilines is 1. The van der Waals surface area contributed by atoms with Crippen LogP contribution in [0.5, 0.6) is 11.5 Å². The van der Waals surface area contributed by atoms with Crippen LogP contribution in [0.25, 0.3) is 0 Å². The Morgan fingerprint density at radius 3 is 2.48 bits per heavy atom. The summed E-state index contributed by atoms with van der Waals surface area (Å²) in [7, 11) is 6.58. The smallest absolute Gasteiger partial charge is 0.254 e. The third-order valence-corrected chi connectivity index (χ3v) is 6.38. The van der Waals surface area contributed by atoms with Gasteiger partial charge in [0, 0.05) is 36.9 Å². The van der Waals surface area contributed by atoms with Crippen LogP contribution >= 0.6 is 11.6 Å². The van der Waals surface area contributed by atoms with E-state index in [1.54, 1.807) is 63.5 Å². The second-order valence-electron chi connectivity index (χ2n) is 7.98. The van der Waals surface area contributed by atoms with Gasteiger partial charge in [-0.2, -0.15) is 0 Å². The van der Waals surface area contributed by atoms with Crippen LogP contribution < -0.4 is 14.8 Å². The summed E-state index contributed by atoms with van der Waals surface area (Å²) in [6, 6.07) is 10.3. The van der Waals surface area contributed by atoms with Crippen molar-refractivity contribution >= 4 is 29.1 Å². The second kappa shape index (κ2) is 8.05. The first-order chi connectivity index (χ1) is 14.9. The predicted octanol–water partition coefficient (Wildman–Crippen LogP) is 3.11. The maximum absolute atomic E-state index is 13.9. The molecule has 0 radical (unpaired) electrons. The largest absolute Gasteiger partial charge is 0.496 e. The maximum Gasteiger partial charge on any atom is 0.254 e. The van der Waals surface area contributed by atoms with Gasteiger partial charge in [0.15, 0.2) is 5.54 Å². The molecule has 1 saturated heterocycles. The van der Waals surface area contributed by atoms with E-state index in [2.05, 4.69) is 5.32 Å². The topological polar surface area (TPSA) is 71.1 Å². The van der Waals surface area contributed by atoms with Crippen LogP contribution in [0.3, 0.4) is 0 Å². The van der Waals surface area contributed by atoms with Crippen LogP contribution in [0.4, 0.5) is 5.69 Å². The summed E-state index contributed by atoms with van der Waals surface area (Å²) in [4.78, 5) is 30.6. The van der Waals surface area contributed by atoms with Crippen LogP contribution in [0.2, 0.25) is 5.02 Å². The van der Waals surface area contributed by atoms with Crippen molar-refractivity contribution in [3.63, 3.8) is 0 Å². The number of likely N-dealkylation sites (N-methyl/N-ethyl adjacent to an activating group) is 1. The number of nitrogens with zero attached hydrogens (tertiary/aromatic N) is 2. The zero-order valence-corrected chi connectivity index (χ0v) is 18.8. The molecule has 0 spiro atoms. The van der Waals surface area contributed by atoms with E-state index in [1.807, 2.05) is 11.0 Å². The fraction of sp³-hybridized carbons (Fsp3) is 0.391. The summed E-state index contributed by atoms with van der Waals surface area (Å²) < 4.78 is 11.4. The summed E-state index contributed by atoms with van der Waals surface area (Å²) in [6.07, 6.45) is 1.44. The first kappa shape index (κ1) is 21.5. The molecule has 1 fully saturated rings. The first-order valence-corrected chi connectivity index (χ1v) is 10.5. The van der Waals surface area contributed by atoms with E-state index in [-0.39, 0.29) is 11.8 Å². The van der Waals surface area contributed by atoms with E-state index in [0.717, 1.165) is 6.42 Å². The molecule has 2 aromatic carbocycles. The van der Waals surface area contributed by atoms with Crippen molar-refractivity contribution in [3.05, 3.63) is 52.5 Å². The molecule has 4 rings (SSSR count). The number of hydrogen-bond acceptors (Lipinski definition) is 5. The average Bonchev–Trinajstić information content (AvgIpc) is 3.35. The highest BCUT2D eigenvalue weighted by Crippen LogP contribution is 2.54. The van der Waals surface area contributed by atoms with Crippen molar-refractivity contribution in [2.75, 3.05) is 40.2 Å². The predicted molar refractivity (Wildman–Crippen MR) is 119 cm³/mol. The van der Waals surface area contributed by atoms with Crippen molar-refractivity contribution in [1.82, 2.24) is 9.80 Å². The number of carbonyl (C=O) groups excluding carboxylic acids is 2. The molecule has 2 amide bonds. The van der Waals surface area contributed by atoms with Crippen LogP contribution in [-0.4, -0.2) is 62.5 Å². The van der Waals surface area contributed by atoms with Crippen molar-refractivity contribution in [1.29, 1.82) is 0 Å². The average molecular weight is 444 g/mol. The number of nitrogens with one attached hydrogen (secondary N) is 1. The molecule has 2 heterocycles. The zero-order valence-electron chi connectivity index (χ0n) is 18.1. The lowest BCUT2D eigenvalue weighted by molar-refractivity contribution is -0.138. The highest BCUT2D eigenvalue weighted by Gasteiger charge is 2.59. The highest BCUT2D eigenvalue weighted by molar-refractivity contribution is 6.31. The molecule has 0 saturated carbocycles. The minimum Gasteiger partial charge on any atom is -0.496 e. The number of methoxy groups -OCH3 is 2. The van der Waals surface area contributed by atoms with E-state index >= 15 is 0 Å². The van der Waals surface area contributed by atoms with E-state index in [4.69, 9.17) is 21.1 Å². The zero-order chi connectivity index (χ0) is 22.3. The number of fused-ring (bicyclic) bond motifs is 1. The summed E-state index contributed by atoms with van der Waals surface area (Å²) in [5.74, 6) is 0.704. The summed E-state index contributed by atoms with van der Waals surface area (Å²) >= 11 is 6.39. The lowest BCUT2D eigenvalue weighted by Gasteiger charge is -2.42. The van der Waals surface area contributed by atoms with Gasteiger partial charge in [-0.15, -0.1) is 0 Å². The minimum atomic E-state index is -1.33. The standard InChI is InChI=1S/C23H26ClN3O4/c1-26(2)21(28)17-7-6-12-27(17)23(20-18(30-3)8-5-9-19(20)31-4)15-13-14(24)10-11-16(15)25-22(23)29/h5,8-11,13,17H,6-7,12H2,1-4H3,(H,25,29)/t17-,23?/m0/s1. The number of ether oxygens (including phenoxy) is 2. The van der Waals surface area contributed by atoms with Crippen molar-refractivity contribution in [2.45, 2.75) is 24.4 Å². The van der Waals surface area contributed by atoms with Gasteiger partial charge >= 0.3 is 0 Å². The number of amides is 2. The Labute approximate surface area is 186 Å². The van der Waals surface area contributed by atoms with Gasteiger partial charge in [-0.05, 0) is 43.2 Å². The van der Waals surface area contributed by atoms with Gasteiger partial charge in [0.05, 0.1) is 25.8 Å². The SMILES string of the molecule is COc1cccc(OC)c1C1(N2CCC[C@H]2C(=O)N(C)C)C(=O)Nc2ccc(Cl)cc21. The Morgan fingerprint density at radius 1 is 1.19 bits per heavy atom. The Morgan fingerprint density at radius 2 is 1.87 bits per heavy atom. The second-order valence-corrected chi connectivity index (χ2v) is 8.41. The van der Waals surface area contributed by atoms with Gasteiger partial charge in [-0.25, -0.2) is 0 Å². The molecule has 2 aliphatic heterocycles. The molecule has 1 unspecified atom stereocenters. The summed E-state index contributed by atoms with van der Waals surface area (Å²) in [5, 5.41) is 3.51. The molecular formula is C23H26ClN3O4. The molecule has 1 N–H and O–H groups in total. The molecule has 31 heavy (non-hydrogen) atoms. The van der Waals surface area contributed by atoms with Gasteiger partial charge in [-0.1, -0.05) is 17.7 Å². The van der Waals surface area contributed by atoms with E-state index < -0.39 is 11.6 Å². The fourth-order valence-electron chi connectivity index (χ4n) is 4.87. The number of likely N-dealkylation sites (tertiary alicyclic amines) is 1. The number of halogens is 1. The number of hydrogen-bond donors (Lipinski definition) is 1. The third-order valence-electron chi connectivity index (χ3n) is 6.15. The molecule has 0 bridgehead atoms. The Hall–Kier alpha value is -2.77. The quantitative estimate of drug-likeness (QED) is 0.768. The molecule has 2 aliphatic rings. The van der Waals surface area contributed by atoms with Crippen molar-refractivity contribution in [2.24, 2.45) is 0 Å². The lowest BCUT2D eigenvalue weighted by atomic mass is 9.80. The molecule has 164 valence electrons. The number of carbonyl (C=O) groups is 2. The molecule has 0 aromatic heterocycles. The molecule has 0 aliphatic carbocycles. The molecule has 8 heteroatoms. The van der Waals surface area contributed by atoms with Crippen molar-refractivity contribution < 1.29 is 19.1 Å². The lowest BCUT2D eigenvalue weighted by Crippen LogP contribution is -2.57. The van der Waals surface area contributed by atoms with Crippen LogP contribution in [0.1, 0.15) is 24.0 Å². The molecule has 2 atom stereocenters. The van der Waals surface area contributed by atoms with E-state index in [0.29, 0.717) is 46.3 Å². The van der Waals surface area contributed by atoms with E-state index in [1.165, 1.54) is 0 Å². The first-order valence-electron chi connectivity index (χ1n) is 10.2. The van der Waals surface area contributed by atoms with Crippen molar-refractivity contribution in [3.8, 4) is 11.5 Å². The Bertz CT molecular complexity index is 1020. The minimum absolute atomic E-state index is 0.0472. The summed E-state index contributed by atoms with van der Waals surface area (Å²) in [6.45, 7) is 0.560. The van der Waals surface area contributed by atoms with Crippen LogP contribution in [0, 0.1) is 0 Å². The number of benzene rings is 2. The van der Waals surface area contributed by atoms with Gasteiger partial charge in [-0.3, -0.25) is 14.5 Å². The number of rotatable bonds is 5. The fourth-order valence-corrected chi connectivity index (χ4v) is 5.04. The van der Waals surface area contributed by atoms with Crippen LogP contribution in [-0.2, 0) is 15.1 Å². The van der Waals surface area contributed by atoms with Crippen LogP contribution in [0.15, 0.2) is 36.4 Å². The Kier molecular flexibility index (Phi) is 5.58. The third kappa shape index (κ3) is 3.15.